The first-order chi connectivity index (χ1) is 12.1. The van der Waals surface area contributed by atoms with Crippen molar-refractivity contribution in [2.24, 2.45) is 5.92 Å². The van der Waals surface area contributed by atoms with Gasteiger partial charge in [0.25, 0.3) is 0 Å². The number of ether oxygens (including phenoxy) is 3. The molecular weight excluding hydrogens is 324 g/mol. The van der Waals surface area contributed by atoms with Crippen molar-refractivity contribution < 1.29 is 28.6 Å². The number of rotatable bonds is 12. The topological polar surface area (TPSA) is 78.9 Å². The van der Waals surface area contributed by atoms with E-state index in [1.807, 2.05) is 30.3 Å². The predicted octanol–water partition coefficient (Wildman–Crippen LogP) is 2.69. The largest absolute Gasteiger partial charge is 0.469 e. The molecule has 0 aliphatic carbocycles. The Morgan fingerprint density at radius 2 is 1.68 bits per heavy atom. The van der Waals surface area contributed by atoms with Gasteiger partial charge in [0.1, 0.15) is 11.7 Å². The number of hydrogen-bond acceptors (Lipinski definition) is 6. The summed E-state index contributed by atoms with van der Waals surface area (Å²) in [6.45, 7) is 1.09. The number of esters is 2. The van der Waals surface area contributed by atoms with E-state index in [4.69, 9.17) is 4.74 Å². The smallest absolute Gasteiger partial charge is 0.316 e. The Kier molecular flexibility index (Phi) is 10.2. The molecule has 25 heavy (non-hydrogen) atoms. The number of Topliss-reactive ketones (excluding diaryl/α,β-unsaturated/α-hetero) is 1. The summed E-state index contributed by atoms with van der Waals surface area (Å²) in [5.74, 6) is -2.17. The Labute approximate surface area is 148 Å². The van der Waals surface area contributed by atoms with E-state index < -0.39 is 17.9 Å². The third-order valence-corrected chi connectivity index (χ3v) is 3.81. The van der Waals surface area contributed by atoms with Crippen LogP contribution in [0, 0.1) is 5.92 Å². The van der Waals surface area contributed by atoms with E-state index in [9.17, 15) is 14.4 Å². The van der Waals surface area contributed by atoms with Crippen molar-refractivity contribution in [2.45, 2.75) is 38.7 Å². The van der Waals surface area contributed by atoms with E-state index in [1.54, 1.807) is 0 Å². The van der Waals surface area contributed by atoms with Crippen molar-refractivity contribution in [3.8, 4) is 0 Å². The van der Waals surface area contributed by atoms with Crippen LogP contribution in [0.5, 0.6) is 0 Å². The minimum Gasteiger partial charge on any atom is -0.469 e. The second kappa shape index (κ2) is 12.2. The van der Waals surface area contributed by atoms with Gasteiger partial charge in [-0.15, -0.1) is 0 Å². The molecular formula is C19H26O6. The molecule has 0 amide bonds. The number of hydrogen-bond donors (Lipinski definition) is 0. The van der Waals surface area contributed by atoms with Crippen LogP contribution in [0.15, 0.2) is 30.3 Å². The van der Waals surface area contributed by atoms with E-state index in [1.165, 1.54) is 14.2 Å². The number of carbonyl (C=O) groups is 3. The second-order valence-corrected chi connectivity index (χ2v) is 5.65. The highest BCUT2D eigenvalue weighted by molar-refractivity contribution is 5.99. The lowest BCUT2D eigenvalue weighted by Crippen LogP contribution is -2.26. The van der Waals surface area contributed by atoms with Gasteiger partial charge in [0.05, 0.1) is 20.8 Å². The normalized spacial score (nSPS) is 11.6. The van der Waals surface area contributed by atoms with Gasteiger partial charge in [0, 0.05) is 19.4 Å². The van der Waals surface area contributed by atoms with Gasteiger partial charge in [0.15, 0.2) is 0 Å². The SMILES string of the molecule is COC(=O)CC[C@@H](C(=O)CCCCOCc1ccccc1)C(=O)OC. The number of methoxy groups -OCH3 is 2. The molecule has 0 aliphatic rings. The van der Waals surface area contributed by atoms with Crippen LogP contribution in [0.3, 0.4) is 0 Å². The third-order valence-electron chi connectivity index (χ3n) is 3.81. The lowest BCUT2D eigenvalue weighted by Gasteiger charge is -2.13. The molecule has 0 unspecified atom stereocenters. The zero-order chi connectivity index (χ0) is 18.5. The number of carbonyl (C=O) groups excluding carboxylic acids is 3. The van der Waals surface area contributed by atoms with Gasteiger partial charge in [-0.1, -0.05) is 30.3 Å². The van der Waals surface area contributed by atoms with Gasteiger partial charge >= 0.3 is 11.9 Å². The fourth-order valence-corrected chi connectivity index (χ4v) is 2.36. The summed E-state index contributed by atoms with van der Waals surface area (Å²) in [5, 5.41) is 0. The molecule has 0 aliphatic heterocycles. The third kappa shape index (κ3) is 8.44. The Balaban J connectivity index is 2.26. The Hall–Kier alpha value is -2.21. The maximum Gasteiger partial charge on any atom is 0.316 e. The minimum atomic E-state index is -0.908. The highest BCUT2D eigenvalue weighted by Gasteiger charge is 2.27. The Morgan fingerprint density at radius 3 is 2.32 bits per heavy atom. The molecule has 0 spiro atoms. The van der Waals surface area contributed by atoms with Crippen molar-refractivity contribution >= 4 is 17.7 Å². The number of benzene rings is 1. The van der Waals surface area contributed by atoms with Crippen LogP contribution in [0.1, 0.15) is 37.7 Å². The number of unbranched alkanes of at least 4 members (excludes halogenated alkanes) is 1. The average molecular weight is 350 g/mol. The molecule has 1 aromatic carbocycles. The summed E-state index contributed by atoms with van der Waals surface area (Å²) in [7, 11) is 2.50. The second-order valence-electron chi connectivity index (χ2n) is 5.65. The monoisotopic (exact) mass is 350 g/mol. The fraction of sp³-hybridized carbons (Fsp3) is 0.526. The van der Waals surface area contributed by atoms with Crippen molar-refractivity contribution in [3.63, 3.8) is 0 Å². The molecule has 6 heteroatoms. The number of ketones is 1. The van der Waals surface area contributed by atoms with E-state index in [0.29, 0.717) is 19.6 Å². The lowest BCUT2D eigenvalue weighted by atomic mass is 9.95. The molecule has 0 saturated heterocycles. The van der Waals surface area contributed by atoms with Crippen molar-refractivity contribution in [1.29, 1.82) is 0 Å². The van der Waals surface area contributed by atoms with Crippen LogP contribution < -0.4 is 0 Å². The maximum absolute atomic E-state index is 12.2. The molecule has 1 atom stereocenters. The van der Waals surface area contributed by atoms with Crippen LogP contribution >= 0.6 is 0 Å². The van der Waals surface area contributed by atoms with Crippen LogP contribution in [-0.4, -0.2) is 38.5 Å². The zero-order valence-corrected chi connectivity index (χ0v) is 14.9. The highest BCUT2D eigenvalue weighted by atomic mass is 16.5. The quantitative estimate of drug-likeness (QED) is 0.328. The molecule has 1 aromatic rings. The average Bonchev–Trinajstić information content (AvgIpc) is 2.64. The van der Waals surface area contributed by atoms with Gasteiger partial charge < -0.3 is 14.2 Å². The van der Waals surface area contributed by atoms with Crippen LogP contribution in [-0.2, 0) is 35.2 Å². The van der Waals surface area contributed by atoms with Crippen molar-refractivity contribution in [3.05, 3.63) is 35.9 Å². The summed E-state index contributed by atoms with van der Waals surface area (Å²) >= 11 is 0. The zero-order valence-electron chi connectivity index (χ0n) is 14.9. The van der Waals surface area contributed by atoms with Gasteiger partial charge in [-0.05, 0) is 24.8 Å². The molecule has 6 nitrogen and oxygen atoms in total. The molecule has 1 rings (SSSR count). The summed E-state index contributed by atoms with van der Waals surface area (Å²) in [6, 6.07) is 9.85. The predicted molar refractivity (Wildman–Crippen MR) is 91.7 cm³/mol. The first kappa shape index (κ1) is 20.8. The molecule has 0 aromatic heterocycles. The Bertz CT molecular complexity index is 540. The molecule has 0 radical (unpaired) electrons. The summed E-state index contributed by atoms with van der Waals surface area (Å²) in [5.41, 5.74) is 1.10. The van der Waals surface area contributed by atoms with Crippen LogP contribution in [0.4, 0.5) is 0 Å². The van der Waals surface area contributed by atoms with Gasteiger partial charge in [-0.2, -0.15) is 0 Å². The van der Waals surface area contributed by atoms with E-state index in [2.05, 4.69) is 9.47 Å². The molecule has 138 valence electrons. The first-order valence-corrected chi connectivity index (χ1v) is 8.37. The van der Waals surface area contributed by atoms with Crippen LogP contribution in [0.2, 0.25) is 0 Å². The van der Waals surface area contributed by atoms with Crippen molar-refractivity contribution in [2.75, 3.05) is 20.8 Å². The molecule has 0 N–H and O–H groups in total. The maximum atomic E-state index is 12.2. The van der Waals surface area contributed by atoms with Gasteiger partial charge in [0.2, 0.25) is 0 Å². The van der Waals surface area contributed by atoms with E-state index >= 15 is 0 Å². The molecule has 0 bridgehead atoms. The lowest BCUT2D eigenvalue weighted by molar-refractivity contribution is -0.150. The first-order valence-electron chi connectivity index (χ1n) is 8.37. The standard InChI is InChI=1S/C19H26O6/c1-23-18(21)12-11-16(19(22)24-2)17(20)10-6-7-13-25-14-15-8-4-3-5-9-15/h3-5,8-9,16H,6-7,10-14H2,1-2H3/t16-/m0/s1. The fourth-order valence-electron chi connectivity index (χ4n) is 2.36. The molecule has 0 fully saturated rings. The highest BCUT2D eigenvalue weighted by Crippen LogP contribution is 2.15. The van der Waals surface area contributed by atoms with E-state index in [-0.39, 0.29) is 25.0 Å². The van der Waals surface area contributed by atoms with Crippen molar-refractivity contribution in [1.82, 2.24) is 0 Å². The van der Waals surface area contributed by atoms with Crippen LogP contribution in [0.25, 0.3) is 0 Å². The van der Waals surface area contributed by atoms with Gasteiger partial charge in [-0.25, -0.2) is 0 Å². The van der Waals surface area contributed by atoms with Gasteiger partial charge in [-0.3, -0.25) is 14.4 Å². The molecule has 0 heterocycles. The molecule has 0 saturated carbocycles. The van der Waals surface area contributed by atoms with E-state index in [0.717, 1.165) is 12.0 Å². The minimum absolute atomic E-state index is 0.0161. The summed E-state index contributed by atoms with van der Waals surface area (Å²) < 4.78 is 14.8. The Morgan fingerprint density at radius 1 is 0.960 bits per heavy atom. The summed E-state index contributed by atoms with van der Waals surface area (Å²) in [4.78, 5) is 35.1. The summed E-state index contributed by atoms with van der Waals surface area (Å²) in [6.07, 6.45) is 1.74.